The van der Waals surface area contributed by atoms with Crippen molar-refractivity contribution in [3.63, 3.8) is 0 Å². The number of carboxylic acid groups (broad SMARTS) is 1. The second-order valence-electron chi connectivity index (χ2n) is 4.81. The van der Waals surface area contributed by atoms with Gasteiger partial charge in [0.1, 0.15) is 6.04 Å². The molecule has 0 aliphatic heterocycles. The predicted octanol–water partition coefficient (Wildman–Crippen LogP) is 0.925. The first-order valence-corrected chi connectivity index (χ1v) is 6.91. The van der Waals surface area contributed by atoms with Crippen molar-refractivity contribution in [2.45, 2.75) is 58.5 Å². The number of amides is 3. The van der Waals surface area contributed by atoms with E-state index in [4.69, 9.17) is 10.8 Å². The Morgan fingerprint density at radius 1 is 1.30 bits per heavy atom. The highest BCUT2D eigenvalue weighted by atomic mass is 16.4. The molecule has 0 saturated carbocycles. The van der Waals surface area contributed by atoms with Crippen molar-refractivity contribution in [2.75, 3.05) is 6.54 Å². The normalized spacial score (nSPS) is 13.3. The highest BCUT2D eigenvalue weighted by Gasteiger charge is 2.26. The SMILES string of the molecule is CCCCN(C(=O)N[C@H](CC(N)=O)C(=O)O)C(C)CC. The Morgan fingerprint density at radius 2 is 1.90 bits per heavy atom. The van der Waals surface area contributed by atoms with Crippen LogP contribution in [0.2, 0.25) is 0 Å². The molecule has 0 aromatic carbocycles. The molecule has 4 N–H and O–H groups in total. The Kier molecular flexibility index (Phi) is 8.35. The summed E-state index contributed by atoms with van der Waals surface area (Å²) in [6.07, 6.45) is 2.13. The Hall–Kier alpha value is -1.79. The Balaban J connectivity index is 4.77. The van der Waals surface area contributed by atoms with E-state index >= 15 is 0 Å². The number of nitrogens with one attached hydrogen (secondary N) is 1. The van der Waals surface area contributed by atoms with E-state index in [2.05, 4.69) is 5.32 Å². The van der Waals surface area contributed by atoms with E-state index in [0.717, 1.165) is 19.3 Å². The molecule has 0 spiro atoms. The van der Waals surface area contributed by atoms with Crippen LogP contribution in [0.15, 0.2) is 0 Å². The second-order valence-corrected chi connectivity index (χ2v) is 4.81. The van der Waals surface area contributed by atoms with Crippen molar-refractivity contribution in [2.24, 2.45) is 5.73 Å². The molecule has 7 heteroatoms. The summed E-state index contributed by atoms with van der Waals surface area (Å²) in [4.78, 5) is 35.6. The summed E-state index contributed by atoms with van der Waals surface area (Å²) in [6, 6.07) is -1.75. The van der Waals surface area contributed by atoms with E-state index in [1.165, 1.54) is 0 Å². The van der Waals surface area contributed by atoms with Gasteiger partial charge in [-0.3, -0.25) is 4.79 Å². The van der Waals surface area contributed by atoms with Gasteiger partial charge in [-0.2, -0.15) is 0 Å². The molecule has 116 valence electrons. The quantitative estimate of drug-likeness (QED) is 0.585. The van der Waals surface area contributed by atoms with Gasteiger partial charge in [-0.05, 0) is 19.8 Å². The molecule has 7 nitrogen and oxygen atoms in total. The molecule has 0 saturated heterocycles. The molecule has 0 fully saturated rings. The summed E-state index contributed by atoms with van der Waals surface area (Å²) in [6.45, 7) is 6.42. The number of carbonyl (C=O) groups excluding carboxylic acids is 2. The summed E-state index contributed by atoms with van der Waals surface area (Å²) in [5.41, 5.74) is 4.98. The molecule has 0 bridgehead atoms. The number of rotatable bonds is 9. The third kappa shape index (κ3) is 6.40. The lowest BCUT2D eigenvalue weighted by molar-refractivity contribution is -0.141. The van der Waals surface area contributed by atoms with Gasteiger partial charge in [0.05, 0.1) is 6.42 Å². The van der Waals surface area contributed by atoms with Crippen molar-refractivity contribution in [3.8, 4) is 0 Å². The molecule has 0 aliphatic carbocycles. The number of unbranched alkanes of at least 4 members (excludes halogenated alkanes) is 1. The van der Waals surface area contributed by atoms with Crippen LogP contribution in [0.4, 0.5) is 4.79 Å². The number of urea groups is 1. The third-order valence-electron chi connectivity index (χ3n) is 3.14. The highest BCUT2D eigenvalue weighted by Crippen LogP contribution is 2.07. The molecule has 20 heavy (non-hydrogen) atoms. The molecule has 3 amide bonds. The van der Waals surface area contributed by atoms with Gasteiger partial charge in [-0.1, -0.05) is 20.3 Å². The van der Waals surface area contributed by atoms with Crippen molar-refractivity contribution in [1.82, 2.24) is 10.2 Å². The Morgan fingerprint density at radius 3 is 2.30 bits per heavy atom. The number of aliphatic carboxylic acids is 1. The fourth-order valence-corrected chi connectivity index (χ4v) is 1.70. The maximum atomic E-state index is 12.1. The zero-order valence-corrected chi connectivity index (χ0v) is 12.4. The molecule has 0 heterocycles. The Bertz CT molecular complexity index is 347. The fourth-order valence-electron chi connectivity index (χ4n) is 1.70. The van der Waals surface area contributed by atoms with Crippen molar-refractivity contribution in [1.29, 1.82) is 0 Å². The van der Waals surface area contributed by atoms with Gasteiger partial charge in [-0.25, -0.2) is 9.59 Å². The number of nitrogens with zero attached hydrogens (tertiary/aromatic N) is 1. The van der Waals surface area contributed by atoms with Crippen LogP contribution >= 0.6 is 0 Å². The molecule has 0 aliphatic rings. The summed E-state index contributed by atoms with van der Waals surface area (Å²) in [5.74, 6) is -2.03. The standard InChI is InChI=1S/C13H25N3O4/c1-4-6-7-16(9(3)5-2)13(20)15-10(12(18)19)8-11(14)17/h9-10H,4-8H2,1-3H3,(H2,14,17)(H,15,20)(H,18,19)/t9?,10-/m1/s1. The van der Waals surface area contributed by atoms with Crippen molar-refractivity contribution >= 4 is 17.9 Å². The molecular formula is C13H25N3O4. The van der Waals surface area contributed by atoms with Gasteiger partial charge in [0.15, 0.2) is 0 Å². The number of carbonyl (C=O) groups is 3. The maximum absolute atomic E-state index is 12.1. The minimum atomic E-state index is -1.28. The largest absolute Gasteiger partial charge is 0.480 e. The number of carboxylic acids is 1. The van der Waals surface area contributed by atoms with Crippen LogP contribution in [0.25, 0.3) is 0 Å². The summed E-state index contributed by atoms with van der Waals surface area (Å²) >= 11 is 0. The lowest BCUT2D eigenvalue weighted by Crippen LogP contribution is -2.51. The number of primary amides is 1. The van der Waals surface area contributed by atoms with E-state index in [1.807, 2.05) is 20.8 Å². The lowest BCUT2D eigenvalue weighted by Gasteiger charge is -2.30. The van der Waals surface area contributed by atoms with Gasteiger partial charge in [0.25, 0.3) is 0 Å². The van der Waals surface area contributed by atoms with Crippen LogP contribution in [-0.4, -0.2) is 46.5 Å². The summed E-state index contributed by atoms with van der Waals surface area (Å²) in [5, 5.41) is 11.3. The van der Waals surface area contributed by atoms with E-state index in [9.17, 15) is 14.4 Å². The molecule has 0 aromatic rings. The summed E-state index contributed by atoms with van der Waals surface area (Å²) in [7, 11) is 0. The minimum absolute atomic E-state index is 0.00423. The summed E-state index contributed by atoms with van der Waals surface area (Å²) < 4.78 is 0. The van der Waals surface area contributed by atoms with Crippen LogP contribution in [-0.2, 0) is 9.59 Å². The number of hydrogen-bond acceptors (Lipinski definition) is 3. The molecule has 2 atom stereocenters. The van der Waals surface area contributed by atoms with Gasteiger partial charge < -0.3 is 21.1 Å². The minimum Gasteiger partial charge on any atom is -0.480 e. The number of nitrogens with two attached hydrogens (primary N) is 1. The first kappa shape index (κ1) is 18.2. The second kappa shape index (κ2) is 9.17. The smallest absolute Gasteiger partial charge is 0.326 e. The average Bonchev–Trinajstić information content (AvgIpc) is 2.37. The van der Waals surface area contributed by atoms with Gasteiger partial charge in [0, 0.05) is 12.6 Å². The van der Waals surface area contributed by atoms with Gasteiger partial charge in [0.2, 0.25) is 5.91 Å². The first-order valence-electron chi connectivity index (χ1n) is 6.91. The molecular weight excluding hydrogens is 262 g/mol. The molecule has 0 rings (SSSR count). The third-order valence-corrected chi connectivity index (χ3v) is 3.14. The first-order chi connectivity index (χ1) is 9.33. The van der Waals surface area contributed by atoms with Crippen LogP contribution in [0.3, 0.4) is 0 Å². The van der Waals surface area contributed by atoms with E-state index in [-0.39, 0.29) is 6.04 Å². The Labute approximate surface area is 119 Å². The lowest BCUT2D eigenvalue weighted by atomic mass is 10.2. The highest BCUT2D eigenvalue weighted by molar-refractivity contribution is 5.87. The fraction of sp³-hybridized carbons (Fsp3) is 0.769. The van der Waals surface area contributed by atoms with Crippen LogP contribution < -0.4 is 11.1 Å². The zero-order chi connectivity index (χ0) is 15.7. The van der Waals surface area contributed by atoms with E-state index in [0.29, 0.717) is 6.54 Å². The van der Waals surface area contributed by atoms with Gasteiger partial charge in [-0.15, -0.1) is 0 Å². The average molecular weight is 287 g/mol. The van der Waals surface area contributed by atoms with Crippen molar-refractivity contribution < 1.29 is 19.5 Å². The topological polar surface area (TPSA) is 113 Å². The predicted molar refractivity (Wildman–Crippen MR) is 75.1 cm³/mol. The zero-order valence-electron chi connectivity index (χ0n) is 12.4. The van der Waals surface area contributed by atoms with Crippen LogP contribution in [0, 0.1) is 0 Å². The van der Waals surface area contributed by atoms with Crippen molar-refractivity contribution in [3.05, 3.63) is 0 Å². The van der Waals surface area contributed by atoms with E-state index < -0.39 is 30.4 Å². The molecule has 0 radical (unpaired) electrons. The maximum Gasteiger partial charge on any atom is 0.326 e. The molecule has 0 aromatic heterocycles. The van der Waals surface area contributed by atoms with Crippen LogP contribution in [0.1, 0.15) is 46.5 Å². The van der Waals surface area contributed by atoms with Gasteiger partial charge >= 0.3 is 12.0 Å². The van der Waals surface area contributed by atoms with E-state index in [1.54, 1.807) is 4.90 Å². The van der Waals surface area contributed by atoms with Crippen LogP contribution in [0.5, 0.6) is 0 Å². The molecule has 1 unspecified atom stereocenters. The number of hydrogen-bond donors (Lipinski definition) is 3. The monoisotopic (exact) mass is 287 g/mol.